The Morgan fingerprint density at radius 1 is 1.11 bits per heavy atom. The number of nitrogens with zero attached hydrogens (tertiary/aromatic N) is 4. The third-order valence-corrected chi connectivity index (χ3v) is 8.79. The van der Waals surface area contributed by atoms with Crippen molar-refractivity contribution in [2.75, 3.05) is 33.4 Å². The van der Waals surface area contributed by atoms with E-state index in [1.54, 1.807) is 34.2 Å². The molecule has 0 N–H and O–H groups in total. The Balaban J connectivity index is 1.64. The van der Waals surface area contributed by atoms with Gasteiger partial charge in [0.15, 0.2) is 0 Å². The summed E-state index contributed by atoms with van der Waals surface area (Å²) in [6.45, 7) is 8.26. The fourth-order valence-corrected chi connectivity index (χ4v) is 6.51. The number of methoxy groups -OCH3 is 1. The first-order valence-corrected chi connectivity index (χ1v) is 13.5. The molecule has 2 heterocycles. The van der Waals surface area contributed by atoms with Crippen molar-refractivity contribution in [3.8, 4) is 0 Å². The Kier molecular flexibility index (Phi) is 7.70. The van der Waals surface area contributed by atoms with Crippen molar-refractivity contribution in [1.29, 1.82) is 0 Å². The van der Waals surface area contributed by atoms with Crippen molar-refractivity contribution in [1.82, 2.24) is 18.8 Å². The highest BCUT2D eigenvalue weighted by Crippen LogP contribution is 2.29. The van der Waals surface area contributed by atoms with Gasteiger partial charge in [-0.05, 0) is 44.5 Å². The molecule has 8 nitrogen and oxygen atoms in total. The fraction of sp³-hybridized carbons (Fsp3) is 0.462. The predicted octanol–water partition coefficient (Wildman–Crippen LogP) is 3.20. The van der Waals surface area contributed by atoms with Crippen molar-refractivity contribution in [2.45, 2.75) is 50.7 Å². The lowest BCUT2D eigenvalue weighted by molar-refractivity contribution is 0.0918. The first-order chi connectivity index (χ1) is 16.8. The molecule has 2 aromatic carbocycles. The Morgan fingerprint density at radius 3 is 2.49 bits per heavy atom. The Morgan fingerprint density at radius 2 is 1.83 bits per heavy atom. The highest BCUT2D eigenvalue weighted by molar-refractivity contribution is 7.89. The summed E-state index contributed by atoms with van der Waals surface area (Å²) in [7, 11) is -1.97. The lowest BCUT2D eigenvalue weighted by Crippen LogP contribution is -2.55. The maximum absolute atomic E-state index is 13.3. The topological polar surface area (TPSA) is 84.7 Å². The second-order valence-electron chi connectivity index (χ2n) is 9.13. The number of fused-ring (bicyclic) bond motifs is 1. The molecule has 35 heavy (non-hydrogen) atoms. The smallest absolute Gasteiger partial charge is 0.261 e. The molecule has 0 spiro atoms. The fourth-order valence-electron chi connectivity index (χ4n) is 4.90. The average Bonchev–Trinajstić information content (AvgIpc) is 2.84. The van der Waals surface area contributed by atoms with Gasteiger partial charge in [0.25, 0.3) is 5.56 Å². The molecule has 0 amide bonds. The Bertz CT molecular complexity index is 1340. The van der Waals surface area contributed by atoms with Crippen molar-refractivity contribution >= 4 is 20.9 Å². The van der Waals surface area contributed by atoms with Crippen LogP contribution in [0, 0.1) is 6.92 Å². The minimum atomic E-state index is -3.58. The summed E-state index contributed by atoms with van der Waals surface area (Å²) >= 11 is 0. The number of piperazine rings is 1. The zero-order valence-corrected chi connectivity index (χ0v) is 21.7. The lowest BCUT2D eigenvalue weighted by Gasteiger charge is -2.42. The summed E-state index contributed by atoms with van der Waals surface area (Å²) in [6.07, 6.45) is 0.745. The summed E-state index contributed by atoms with van der Waals surface area (Å²) in [4.78, 5) is 20.8. The van der Waals surface area contributed by atoms with Crippen LogP contribution in [0.5, 0.6) is 0 Å². The van der Waals surface area contributed by atoms with E-state index >= 15 is 0 Å². The number of aryl methyl sites for hydroxylation is 1. The number of para-hydroxylation sites is 1. The summed E-state index contributed by atoms with van der Waals surface area (Å²) in [6, 6.07) is 14.1. The van der Waals surface area contributed by atoms with Crippen LogP contribution in [0.1, 0.15) is 37.7 Å². The van der Waals surface area contributed by atoms with Gasteiger partial charge in [0.2, 0.25) is 10.0 Å². The molecule has 0 aliphatic carbocycles. The van der Waals surface area contributed by atoms with Gasteiger partial charge >= 0.3 is 0 Å². The molecule has 0 saturated carbocycles. The maximum Gasteiger partial charge on any atom is 0.261 e. The molecule has 1 saturated heterocycles. The maximum atomic E-state index is 13.3. The highest BCUT2D eigenvalue weighted by atomic mass is 32.2. The molecule has 0 bridgehead atoms. The van der Waals surface area contributed by atoms with E-state index in [0.29, 0.717) is 54.4 Å². The molecule has 4 rings (SSSR count). The third-order valence-electron chi connectivity index (χ3n) is 6.76. The largest absolute Gasteiger partial charge is 0.383 e. The van der Waals surface area contributed by atoms with Gasteiger partial charge < -0.3 is 4.74 Å². The van der Waals surface area contributed by atoms with Crippen LogP contribution in [0.2, 0.25) is 0 Å². The van der Waals surface area contributed by atoms with Gasteiger partial charge in [0.1, 0.15) is 5.82 Å². The van der Waals surface area contributed by atoms with Crippen molar-refractivity contribution in [2.24, 2.45) is 0 Å². The minimum Gasteiger partial charge on any atom is -0.383 e. The van der Waals surface area contributed by atoms with Gasteiger partial charge in [-0.3, -0.25) is 14.3 Å². The first kappa shape index (κ1) is 25.5. The number of rotatable bonds is 8. The zero-order valence-electron chi connectivity index (χ0n) is 20.8. The van der Waals surface area contributed by atoms with Gasteiger partial charge in [0.05, 0.1) is 35.0 Å². The second kappa shape index (κ2) is 10.6. The normalized spacial score (nSPS) is 18.7. The van der Waals surface area contributed by atoms with Gasteiger partial charge in [-0.2, -0.15) is 4.31 Å². The van der Waals surface area contributed by atoms with Crippen LogP contribution in [-0.4, -0.2) is 66.6 Å². The number of aromatic nitrogens is 2. The zero-order chi connectivity index (χ0) is 25.2. The molecule has 1 aliphatic heterocycles. The van der Waals surface area contributed by atoms with Gasteiger partial charge in [-0.15, -0.1) is 0 Å². The van der Waals surface area contributed by atoms with Crippen molar-refractivity contribution in [3.05, 3.63) is 70.3 Å². The van der Waals surface area contributed by atoms with Crippen LogP contribution in [0.4, 0.5) is 0 Å². The standard InChI is InChI=1S/C26H34N4O4S/c1-5-24(25-27-23-9-7-6-8-22(23)26(31)29(25)16-17-34-4)28-14-15-30(20(3)18-28)35(32,33)21-12-10-19(2)11-13-21/h6-13,20,24H,5,14-18H2,1-4H3. The molecule has 3 aromatic rings. The van der Waals surface area contributed by atoms with Crippen molar-refractivity contribution < 1.29 is 13.2 Å². The van der Waals surface area contributed by atoms with E-state index in [-0.39, 0.29) is 17.6 Å². The van der Waals surface area contributed by atoms with E-state index in [4.69, 9.17) is 9.72 Å². The lowest BCUT2D eigenvalue weighted by atomic mass is 10.1. The molecule has 188 valence electrons. The molecule has 0 radical (unpaired) electrons. The van der Waals surface area contributed by atoms with E-state index < -0.39 is 10.0 Å². The van der Waals surface area contributed by atoms with Gasteiger partial charge in [-0.1, -0.05) is 36.8 Å². The molecule has 1 aromatic heterocycles. The van der Waals surface area contributed by atoms with E-state index in [9.17, 15) is 13.2 Å². The minimum absolute atomic E-state index is 0.0743. The Labute approximate surface area is 207 Å². The van der Waals surface area contributed by atoms with Crippen molar-refractivity contribution in [3.63, 3.8) is 0 Å². The molecule has 1 aliphatic rings. The van der Waals surface area contributed by atoms with Crippen LogP contribution in [0.3, 0.4) is 0 Å². The molecular formula is C26H34N4O4S. The second-order valence-corrected chi connectivity index (χ2v) is 11.0. The average molecular weight is 499 g/mol. The van der Waals surface area contributed by atoms with Gasteiger partial charge in [0, 0.05) is 32.8 Å². The third kappa shape index (κ3) is 5.04. The summed E-state index contributed by atoms with van der Waals surface area (Å²) in [5, 5.41) is 0.588. The molecule has 1 fully saturated rings. The number of hydrogen-bond acceptors (Lipinski definition) is 6. The van der Waals surface area contributed by atoms with E-state index in [1.165, 1.54) is 0 Å². The van der Waals surface area contributed by atoms with Crippen LogP contribution < -0.4 is 5.56 Å². The van der Waals surface area contributed by atoms with Gasteiger partial charge in [-0.25, -0.2) is 13.4 Å². The first-order valence-electron chi connectivity index (χ1n) is 12.1. The quantitative estimate of drug-likeness (QED) is 0.474. The number of ether oxygens (including phenoxy) is 1. The van der Waals surface area contributed by atoms with Crippen LogP contribution in [0.15, 0.2) is 58.2 Å². The molecule has 2 unspecified atom stereocenters. The monoisotopic (exact) mass is 498 g/mol. The van der Waals surface area contributed by atoms with E-state index in [0.717, 1.165) is 12.0 Å². The van der Waals surface area contributed by atoms with Crippen LogP contribution in [-0.2, 0) is 21.3 Å². The number of hydrogen-bond donors (Lipinski definition) is 0. The summed E-state index contributed by atoms with van der Waals surface area (Å²) < 4.78 is 35.2. The summed E-state index contributed by atoms with van der Waals surface area (Å²) in [5.74, 6) is 0.704. The van der Waals surface area contributed by atoms with Crippen LogP contribution in [0.25, 0.3) is 10.9 Å². The number of sulfonamides is 1. The molecule has 9 heteroatoms. The Hall–Kier alpha value is -2.59. The SMILES string of the molecule is CCC(c1nc2ccccc2c(=O)n1CCOC)N1CCN(S(=O)(=O)c2ccc(C)cc2)C(C)C1. The van der Waals surface area contributed by atoms with E-state index in [2.05, 4.69) is 11.8 Å². The predicted molar refractivity (Wildman–Crippen MR) is 137 cm³/mol. The molecular weight excluding hydrogens is 464 g/mol. The number of benzene rings is 2. The van der Waals surface area contributed by atoms with E-state index in [1.807, 2.05) is 44.2 Å². The highest BCUT2D eigenvalue weighted by Gasteiger charge is 2.37. The summed E-state index contributed by atoms with van der Waals surface area (Å²) in [5.41, 5.74) is 1.62. The molecule has 2 atom stereocenters. The van der Waals surface area contributed by atoms with Crippen LogP contribution >= 0.6 is 0 Å².